The quantitative estimate of drug-likeness (QED) is 0.739. The predicted octanol–water partition coefficient (Wildman–Crippen LogP) is 1.35. The van der Waals surface area contributed by atoms with Gasteiger partial charge in [0.05, 0.1) is 0 Å². The number of benzene rings is 1. The number of ether oxygens (including phenoxy) is 1. The van der Waals surface area contributed by atoms with E-state index < -0.39 is 11.8 Å². The molecule has 6 heteroatoms. The molecule has 2 amide bonds. The molecule has 148 valence electrons. The fourth-order valence-electron chi connectivity index (χ4n) is 3.94. The summed E-state index contributed by atoms with van der Waals surface area (Å²) < 4.78 is 5.44. The van der Waals surface area contributed by atoms with Crippen molar-refractivity contribution >= 4 is 11.8 Å². The van der Waals surface area contributed by atoms with Crippen molar-refractivity contribution in [3.05, 3.63) is 35.9 Å². The van der Waals surface area contributed by atoms with Crippen LogP contribution in [-0.2, 0) is 20.7 Å². The minimum Gasteiger partial charge on any atom is -0.381 e. The van der Waals surface area contributed by atoms with Crippen molar-refractivity contribution in [2.24, 2.45) is 5.92 Å². The van der Waals surface area contributed by atoms with Crippen molar-refractivity contribution < 1.29 is 14.3 Å². The van der Waals surface area contributed by atoms with Crippen molar-refractivity contribution in [1.29, 1.82) is 0 Å². The first kappa shape index (κ1) is 19.8. The third-order valence-corrected chi connectivity index (χ3v) is 5.66. The van der Waals surface area contributed by atoms with Gasteiger partial charge in [0, 0.05) is 32.3 Å². The van der Waals surface area contributed by atoms with Gasteiger partial charge < -0.3 is 20.3 Å². The number of hydrogen-bond donors (Lipinski definition) is 2. The molecular weight excluding hydrogens is 342 g/mol. The number of carbonyl (C=O) groups excluding carboxylic acids is 2. The second kappa shape index (κ2) is 10.4. The number of likely N-dealkylation sites (tertiary alicyclic amines) is 1. The number of nitrogens with zero attached hydrogens (tertiary/aromatic N) is 1. The molecule has 0 spiro atoms. The number of nitrogens with one attached hydrogen (secondary N) is 2. The van der Waals surface area contributed by atoms with E-state index >= 15 is 0 Å². The lowest BCUT2D eigenvalue weighted by Crippen LogP contribution is -2.47. The highest BCUT2D eigenvalue weighted by Crippen LogP contribution is 2.22. The fourth-order valence-corrected chi connectivity index (χ4v) is 3.94. The molecule has 0 atom stereocenters. The van der Waals surface area contributed by atoms with E-state index in [0.29, 0.717) is 25.0 Å². The highest BCUT2D eigenvalue weighted by atomic mass is 16.5. The van der Waals surface area contributed by atoms with Gasteiger partial charge in [0.25, 0.3) is 0 Å². The molecule has 0 bridgehead atoms. The molecule has 0 saturated carbocycles. The maximum Gasteiger partial charge on any atom is 0.309 e. The molecule has 2 saturated heterocycles. The van der Waals surface area contributed by atoms with Gasteiger partial charge in [0.15, 0.2) is 0 Å². The van der Waals surface area contributed by atoms with E-state index in [0.717, 1.165) is 64.0 Å². The SMILES string of the molecule is O=C(NCCc1ccccc1)C(=O)NCC1CCN(C2CCOCC2)CC1. The van der Waals surface area contributed by atoms with Gasteiger partial charge in [-0.3, -0.25) is 9.59 Å². The van der Waals surface area contributed by atoms with Crippen LogP contribution in [0.4, 0.5) is 0 Å². The average molecular weight is 373 g/mol. The predicted molar refractivity (Wildman–Crippen MR) is 104 cm³/mol. The molecule has 0 radical (unpaired) electrons. The van der Waals surface area contributed by atoms with Crippen molar-refractivity contribution in [3.8, 4) is 0 Å². The van der Waals surface area contributed by atoms with Crippen LogP contribution in [0, 0.1) is 5.92 Å². The summed E-state index contributed by atoms with van der Waals surface area (Å²) in [7, 11) is 0. The number of piperidine rings is 1. The Bertz CT molecular complexity index is 594. The highest BCUT2D eigenvalue weighted by Gasteiger charge is 2.27. The zero-order valence-corrected chi connectivity index (χ0v) is 16.0. The number of rotatable bonds is 6. The van der Waals surface area contributed by atoms with Crippen LogP contribution in [0.15, 0.2) is 30.3 Å². The van der Waals surface area contributed by atoms with Crippen LogP contribution < -0.4 is 10.6 Å². The third kappa shape index (κ3) is 6.33. The van der Waals surface area contributed by atoms with Crippen molar-refractivity contribution in [2.45, 2.75) is 38.1 Å². The molecule has 2 fully saturated rings. The van der Waals surface area contributed by atoms with E-state index in [1.165, 1.54) is 0 Å². The summed E-state index contributed by atoms with van der Waals surface area (Å²) in [5.74, 6) is -0.595. The van der Waals surface area contributed by atoms with E-state index in [1.54, 1.807) is 0 Å². The molecule has 27 heavy (non-hydrogen) atoms. The first-order valence-electron chi connectivity index (χ1n) is 10.1. The summed E-state index contributed by atoms with van der Waals surface area (Å²) in [4.78, 5) is 26.5. The Morgan fingerprint density at radius 1 is 0.963 bits per heavy atom. The summed E-state index contributed by atoms with van der Waals surface area (Å²) in [6, 6.07) is 10.6. The minimum absolute atomic E-state index is 0.460. The first-order valence-corrected chi connectivity index (χ1v) is 10.1. The van der Waals surface area contributed by atoms with Crippen molar-refractivity contribution in [1.82, 2.24) is 15.5 Å². The fraction of sp³-hybridized carbons (Fsp3) is 0.619. The Hall–Kier alpha value is -1.92. The molecule has 1 aromatic carbocycles. The van der Waals surface area contributed by atoms with Gasteiger partial charge in [-0.15, -0.1) is 0 Å². The molecule has 2 aliphatic rings. The van der Waals surface area contributed by atoms with E-state index in [1.807, 2.05) is 30.3 Å². The summed E-state index contributed by atoms with van der Waals surface area (Å²) in [5, 5.41) is 5.50. The maximum atomic E-state index is 12.0. The third-order valence-electron chi connectivity index (χ3n) is 5.66. The number of hydrogen-bond acceptors (Lipinski definition) is 4. The number of amides is 2. The lowest BCUT2D eigenvalue weighted by molar-refractivity contribution is -0.139. The molecule has 2 heterocycles. The van der Waals surface area contributed by atoms with Crippen LogP contribution in [0.5, 0.6) is 0 Å². The molecule has 2 N–H and O–H groups in total. The Morgan fingerprint density at radius 2 is 1.63 bits per heavy atom. The zero-order chi connectivity index (χ0) is 18.9. The van der Waals surface area contributed by atoms with Gasteiger partial charge in [-0.1, -0.05) is 30.3 Å². The molecule has 0 aliphatic carbocycles. The lowest BCUT2D eigenvalue weighted by atomic mass is 9.94. The van der Waals surface area contributed by atoms with Gasteiger partial charge in [0.2, 0.25) is 0 Å². The first-order chi connectivity index (χ1) is 13.2. The molecule has 2 aliphatic heterocycles. The lowest BCUT2D eigenvalue weighted by Gasteiger charge is -2.39. The molecular formula is C21H31N3O3. The minimum atomic E-state index is -0.537. The maximum absolute atomic E-state index is 12.0. The highest BCUT2D eigenvalue weighted by molar-refractivity contribution is 6.35. The van der Waals surface area contributed by atoms with Gasteiger partial charge >= 0.3 is 11.8 Å². The van der Waals surface area contributed by atoms with Gasteiger partial charge in [-0.2, -0.15) is 0 Å². The van der Waals surface area contributed by atoms with Crippen LogP contribution in [0.25, 0.3) is 0 Å². The van der Waals surface area contributed by atoms with E-state index in [2.05, 4.69) is 15.5 Å². The van der Waals surface area contributed by atoms with Gasteiger partial charge in [0.1, 0.15) is 0 Å². The van der Waals surface area contributed by atoms with Crippen molar-refractivity contribution in [2.75, 3.05) is 39.4 Å². The average Bonchev–Trinajstić information content (AvgIpc) is 2.73. The summed E-state index contributed by atoms with van der Waals surface area (Å²) in [6.07, 6.45) is 5.14. The Labute approximate surface area is 161 Å². The Balaban J connectivity index is 1.29. The summed E-state index contributed by atoms with van der Waals surface area (Å²) in [5.41, 5.74) is 1.15. The molecule has 3 rings (SSSR count). The summed E-state index contributed by atoms with van der Waals surface area (Å²) in [6.45, 7) is 4.97. The van der Waals surface area contributed by atoms with Crippen LogP contribution >= 0.6 is 0 Å². The van der Waals surface area contributed by atoms with Crippen molar-refractivity contribution in [3.63, 3.8) is 0 Å². The van der Waals surface area contributed by atoms with Gasteiger partial charge in [-0.05, 0) is 56.7 Å². The van der Waals surface area contributed by atoms with E-state index in [4.69, 9.17) is 4.74 Å². The molecule has 1 aromatic rings. The smallest absolute Gasteiger partial charge is 0.309 e. The number of carbonyl (C=O) groups is 2. The van der Waals surface area contributed by atoms with Gasteiger partial charge in [-0.25, -0.2) is 0 Å². The molecule has 6 nitrogen and oxygen atoms in total. The van der Waals surface area contributed by atoms with Crippen LogP contribution in [0.1, 0.15) is 31.2 Å². The van der Waals surface area contributed by atoms with Crippen LogP contribution in [0.3, 0.4) is 0 Å². The second-order valence-corrected chi connectivity index (χ2v) is 7.52. The zero-order valence-electron chi connectivity index (χ0n) is 16.0. The van der Waals surface area contributed by atoms with Crippen LogP contribution in [0.2, 0.25) is 0 Å². The van der Waals surface area contributed by atoms with E-state index in [-0.39, 0.29) is 0 Å². The van der Waals surface area contributed by atoms with E-state index in [9.17, 15) is 9.59 Å². The Morgan fingerprint density at radius 3 is 2.33 bits per heavy atom. The second-order valence-electron chi connectivity index (χ2n) is 7.52. The van der Waals surface area contributed by atoms with Crippen LogP contribution in [-0.4, -0.2) is 62.1 Å². The summed E-state index contributed by atoms with van der Waals surface area (Å²) >= 11 is 0. The largest absolute Gasteiger partial charge is 0.381 e. The normalized spacial score (nSPS) is 19.6. The topological polar surface area (TPSA) is 70.7 Å². The Kier molecular flexibility index (Phi) is 7.66. The molecule has 0 unspecified atom stereocenters. The molecule has 0 aromatic heterocycles. The standard InChI is InChI=1S/C21H31N3O3/c25-20(22-11-6-17-4-2-1-3-5-17)21(26)23-16-18-7-12-24(13-8-18)19-9-14-27-15-10-19/h1-5,18-19H,6-16H2,(H,22,25)(H,23,26). The monoisotopic (exact) mass is 373 g/mol.